The Labute approximate surface area is 113 Å². The summed E-state index contributed by atoms with van der Waals surface area (Å²) >= 11 is 0. The molecule has 0 aromatic heterocycles. The minimum Gasteiger partial charge on any atom is -0.399 e. The SMILES string of the molecule is Cc1ccc(NC(=O)Cc2cccc(N)c2)cc1C. The Morgan fingerprint density at radius 2 is 1.89 bits per heavy atom. The lowest BCUT2D eigenvalue weighted by Gasteiger charge is -2.08. The van der Waals surface area contributed by atoms with Crippen LogP contribution in [0.15, 0.2) is 42.5 Å². The maximum absolute atomic E-state index is 11.9. The second-order valence-electron chi connectivity index (χ2n) is 4.77. The number of hydrogen-bond donors (Lipinski definition) is 2. The number of nitrogens with one attached hydrogen (secondary N) is 1. The molecule has 0 fully saturated rings. The number of nitrogen functional groups attached to an aromatic ring is 1. The van der Waals surface area contributed by atoms with E-state index in [-0.39, 0.29) is 5.91 Å². The van der Waals surface area contributed by atoms with E-state index in [1.165, 1.54) is 11.1 Å². The molecule has 1 amide bonds. The molecule has 0 aliphatic carbocycles. The first-order valence-electron chi connectivity index (χ1n) is 6.26. The normalized spacial score (nSPS) is 10.2. The van der Waals surface area contributed by atoms with E-state index in [0.29, 0.717) is 12.1 Å². The third-order valence-electron chi connectivity index (χ3n) is 3.11. The van der Waals surface area contributed by atoms with Crippen LogP contribution in [0.2, 0.25) is 0 Å². The van der Waals surface area contributed by atoms with E-state index in [4.69, 9.17) is 5.73 Å². The summed E-state index contributed by atoms with van der Waals surface area (Å²) in [7, 11) is 0. The van der Waals surface area contributed by atoms with Crippen molar-refractivity contribution in [3.8, 4) is 0 Å². The minimum absolute atomic E-state index is 0.0335. The van der Waals surface area contributed by atoms with E-state index in [2.05, 4.69) is 5.32 Å². The zero-order valence-corrected chi connectivity index (χ0v) is 11.2. The molecule has 2 aromatic carbocycles. The quantitative estimate of drug-likeness (QED) is 0.827. The highest BCUT2D eigenvalue weighted by molar-refractivity contribution is 5.92. The predicted octanol–water partition coefficient (Wildman–Crippen LogP) is 3.07. The average Bonchev–Trinajstić information content (AvgIpc) is 2.34. The van der Waals surface area contributed by atoms with Crippen molar-refractivity contribution in [2.24, 2.45) is 0 Å². The van der Waals surface area contributed by atoms with E-state index in [1.54, 1.807) is 0 Å². The smallest absolute Gasteiger partial charge is 0.228 e. The van der Waals surface area contributed by atoms with Gasteiger partial charge in [-0.05, 0) is 54.8 Å². The Morgan fingerprint density at radius 1 is 1.11 bits per heavy atom. The second kappa shape index (κ2) is 5.57. The second-order valence-corrected chi connectivity index (χ2v) is 4.77. The first-order chi connectivity index (χ1) is 9.04. The van der Waals surface area contributed by atoms with Crippen LogP contribution in [-0.4, -0.2) is 5.91 Å². The third kappa shape index (κ3) is 3.58. The lowest BCUT2D eigenvalue weighted by molar-refractivity contribution is -0.115. The van der Waals surface area contributed by atoms with E-state index in [0.717, 1.165) is 11.3 Å². The molecule has 0 atom stereocenters. The maximum atomic E-state index is 11.9. The van der Waals surface area contributed by atoms with Crippen molar-refractivity contribution < 1.29 is 4.79 Å². The number of carbonyl (C=O) groups excluding carboxylic acids is 1. The van der Waals surface area contributed by atoms with Crippen molar-refractivity contribution in [1.82, 2.24) is 0 Å². The molecule has 98 valence electrons. The summed E-state index contributed by atoms with van der Waals surface area (Å²) in [6, 6.07) is 13.3. The molecule has 0 saturated carbocycles. The largest absolute Gasteiger partial charge is 0.399 e. The first-order valence-corrected chi connectivity index (χ1v) is 6.26. The van der Waals surface area contributed by atoms with Crippen LogP contribution in [0.4, 0.5) is 11.4 Å². The number of anilines is 2. The number of aryl methyl sites for hydroxylation is 2. The van der Waals surface area contributed by atoms with E-state index >= 15 is 0 Å². The van der Waals surface area contributed by atoms with Gasteiger partial charge in [-0.3, -0.25) is 4.79 Å². The van der Waals surface area contributed by atoms with Crippen molar-refractivity contribution in [1.29, 1.82) is 0 Å². The molecule has 3 N–H and O–H groups in total. The summed E-state index contributed by atoms with van der Waals surface area (Å²) in [6.07, 6.45) is 0.331. The van der Waals surface area contributed by atoms with Crippen LogP contribution in [0.3, 0.4) is 0 Å². The van der Waals surface area contributed by atoms with Gasteiger partial charge in [0.25, 0.3) is 0 Å². The Bertz CT molecular complexity index is 605. The fraction of sp³-hybridized carbons (Fsp3) is 0.188. The summed E-state index contributed by atoms with van der Waals surface area (Å²) in [5.41, 5.74) is 10.5. The topological polar surface area (TPSA) is 55.1 Å². The summed E-state index contributed by atoms with van der Waals surface area (Å²) in [5, 5.41) is 2.90. The molecule has 0 unspecified atom stereocenters. The molecule has 3 nitrogen and oxygen atoms in total. The number of nitrogens with two attached hydrogens (primary N) is 1. The van der Waals surface area contributed by atoms with Gasteiger partial charge in [0.1, 0.15) is 0 Å². The molecule has 0 saturated heterocycles. The summed E-state index contributed by atoms with van der Waals surface area (Å²) in [5.74, 6) is -0.0335. The fourth-order valence-corrected chi connectivity index (χ4v) is 1.91. The molecule has 0 bridgehead atoms. The molecule has 0 aliphatic heterocycles. The van der Waals surface area contributed by atoms with Crippen LogP contribution >= 0.6 is 0 Å². The van der Waals surface area contributed by atoms with Crippen molar-refractivity contribution in [3.05, 3.63) is 59.2 Å². The number of amides is 1. The van der Waals surface area contributed by atoms with Gasteiger partial charge in [0, 0.05) is 11.4 Å². The standard InChI is InChI=1S/C16H18N2O/c1-11-6-7-15(8-12(11)2)18-16(19)10-13-4-3-5-14(17)9-13/h3-9H,10,17H2,1-2H3,(H,18,19). The maximum Gasteiger partial charge on any atom is 0.228 e. The number of carbonyl (C=O) groups is 1. The predicted molar refractivity (Wildman–Crippen MR) is 79.1 cm³/mol. The molecule has 19 heavy (non-hydrogen) atoms. The lowest BCUT2D eigenvalue weighted by atomic mass is 10.1. The number of benzene rings is 2. The molecule has 0 aliphatic rings. The zero-order chi connectivity index (χ0) is 13.8. The van der Waals surface area contributed by atoms with Gasteiger partial charge in [-0.2, -0.15) is 0 Å². The lowest BCUT2D eigenvalue weighted by Crippen LogP contribution is -2.14. The van der Waals surface area contributed by atoms with Crippen LogP contribution in [0.5, 0.6) is 0 Å². The number of rotatable bonds is 3. The summed E-state index contributed by atoms with van der Waals surface area (Å²) in [4.78, 5) is 11.9. The van der Waals surface area contributed by atoms with E-state index in [9.17, 15) is 4.79 Å². The van der Waals surface area contributed by atoms with Gasteiger partial charge in [-0.15, -0.1) is 0 Å². The van der Waals surface area contributed by atoms with Gasteiger partial charge in [0.15, 0.2) is 0 Å². The van der Waals surface area contributed by atoms with Gasteiger partial charge >= 0.3 is 0 Å². The third-order valence-corrected chi connectivity index (χ3v) is 3.11. The Kier molecular flexibility index (Phi) is 3.85. The Morgan fingerprint density at radius 3 is 2.58 bits per heavy atom. The molecular formula is C16H18N2O. The summed E-state index contributed by atoms with van der Waals surface area (Å²) < 4.78 is 0. The van der Waals surface area contributed by atoms with Crippen molar-refractivity contribution in [2.75, 3.05) is 11.1 Å². The highest BCUT2D eigenvalue weighted by Gasteiger charge is 2.05. The zero-order valence-electron chi connectivity index (χ0n) is 11.2. The van der Waals surface area contributed by atoms with Gasteiger partial charge in [-0.25, -0.2) is 0 Å². The molecule has 2 aromatic rings. The van der Waals surface area contributed by atoms with Gasteiger partial charge < -0.3 is 11.1 Å². The van der Waals surface area contributed by atoms with Crippen molar-refractivity contribution in [2.45, 2.75) is 20.3 Å². The monoisotopic (exact) mass is 254 g/mol. The summed E-state index contributed by atoms with van der Waals surface area (Å²) in [6.45, 7) is 4.08. The highest BCUT2D eigenvalue weighted by atomic mass is 16.1. The van der Waals surface area contributed by atoms with Crippen LogP contribution in [-0.2, 0) is 11.2 Å². The fourth-order valence-electron chi connectivity index (χ4n) is 1.91. The van der Waals surface area contributed by atoms with Crippen molar-refractivity contribution in [3.63, 3.8) is 0 Å². The Balaban J connectivity index is 2.03. The van der Waals surface area contributed by atoms with Crippen LogP contribution in [0, 0.1) is 13.8 Å². The number of hydrogen-bond acceptors (Lipinski definition) is 2. The minimum atomic E-state index is -0.0335. The van der Waals surface area contributed by atoms with Crippen LogP contribution in [0.25, 0.3) is 0 Å². The van der Waals surface area contributed by atoms with E-state index in [1.807, 2.05) is 56.3 Å². The van der Waals surface area contributed by atoms with Crippen molar-refractivity contribution >= 4 is 17.3 Å². The van der Waals surface area contributed by atoms with Crippen LogP contribution in [0.1, 0.15) is 16.7 Å². The Hall–Kier alpha value is -2.29. The molecule has 0 spiro atoms. The first kappa shape index (κ1) is 13.1. The molecular weight excluding hydrogens is 236 g/mol. The highest BCUT2D eigenvalue weighted by Crippen LogP contribution is 2.15. The molecule has 0 radical (unpaired) electrons. The van der Waals surface area contributed by atoms with Gasteiger partial charge in [-0.1, -0.05) is 18.2 Å². The molecule has 0 heterocycles. The van der Waals surface area contributed by atoms with Crippen LogP contribution < -0.4 is 11.1 Å². The van der Waals surface area contributed by atoms with E-state index < -0.39 is 0 Å². The average molecular weight is 254 g/mol. The molecule has 3 heteroatoms. The van der Waals surface area contributed by atoms with Gasteiger partial charge in [0.05, 0.1) is 6.42 Å². The van der Waals surface area contributed by atoms with Gasteiger partial charge in [0.2, 0.25) is 5.91 Å². The molecule has 2 rings (SSSR count).